The van der Waals surface area contributed by atoms with Gasteiger partial charge in [0.1, 0.15) is 11.6 Å². The van der Waals surface area contributed by atoms with Gasteiger partial charge in [-0.15, -0.1) is 0 Å². The third kappa shape index (κ3) is 2.75. The van der Waals surface area contributed by atoms with Crippen molar-refractivity contribution >= 4 is 11.6 Å². The summed E-state index contributed by atoms with van der Waals surface area (Å²) in [5.41, 5.74) is 0.947. The Morgan fingerprint density at radius 2 is 2.05 bits per heavy atom. The van der Waals surface area contributed by atoms with Crippen LogP contribution in [0.25, 0.3) is 0 Å². The van der Waals surface area contributed by atoms with Crippen LogP contribution >= 0.6 is 11.6 Å². The maximum Gasteiger partial charge on any atom is 0.125 e. The number of ether oxygens (including phenoxy) is 1. The van der Waals surface area contributed by atoms with Crippen molar-refractivity contribution < 1.29 is 19.3 Å². The number of halogens is 2. The summed E-state index contributed by atoms with van der Waals surface area (Å²) in [7, 11) is 0. The highest BCUT2D eigenvalue weighted by Gasteiger charge is 2.35. The molecule has 21 heavy (non-hydrogen) atoms. The van der Waals surface area contributed by atoms with Gasteiger partial charge in [0.25, 0.3) is 0 Å². The fourth-order valence-corrected chi connectivity index (χ4v) is 2.79. The molecule has 2 N–H and O–H groups in total. The second kappa shape index (κ2) is 5.64. The largest absolute Gasteiger partial charge is 0.493 e. The predicted octanol–water partition coefficient (Wildman–Crippen LogP) is 3.25. The molecule has 5 heteroatoms. The van der Waals surface area contributed by atoms with Crippen molar-refractivity contribution in [1.82, 2.24) is 0 Å². The smallest absolute Gasteiger partial charge is 0.125 e. The van der Waals surface area contributed by atoms with E-state index in [-0.39, 0.29) is 6.61 Å². The average Bonchev–Trinajstić information content (AvgIpc) is 2.47. The molecule has 0 amide bonds. The maximum absolute atomic E-state index is 13.3. The lowest BCUT2D eigenvalue weighted by atomic mass is 9.86. The van der Waals surface area contributed by atoms with Crippen LogP contribution in [-0.2, 0) is 0 Å². The van der Waals surface area contributed by atoms with Crippen LogP contribution in [0.5, 0.6) is 5.75 Å². The fourth-order valence-electron chi connectivity index (χ4n) is 2.59. The molecule has 0 aliphatic carbocycles. The molecule has 0 saturated carbocycles. The lowest BCUT2D eigenvalue weighted by molar-refractivity contribution is -0.0286. The van der Waals surface area contributed by atoms with Crippen molar-refractivity contribution in [2.45, 2.75) is 12.2 Å². The first kappa shape index (κ1) is 14.3. The van der Waals surface area contributed by atoms with E-state index in [0.29, 0.717) is 21.9 Å². The molecule has 1 heterocycles. The van der Waals surface area contributed by atoms with E-state index in [2.05, 4.69) is 0 Å². The van der Waals surface area contributed by atoms with E-state index in [1.807, 2.05) is 0 Å². The molecule has 2 aromatic carbocycles. The van der Waals surface area contributed by atoms with E-state index in [4.69, 9.17) is 16.3 Å². The summed E-state index contributed by atoms with van der Waals surface area (Å²) in [6.07, 6.45) is -1.95. The molecule has 1 aliphatic heterocycles. The van der Waals surface area contributed by atoms with Crippen molar-refractivity contribution in [3.8, 4) is 5.75 Å². The number of hydrogen-bond acceptors (Lipinski definition) is 3. The van der Waals surface area contributed by atoms with Gasteiger partial charge in [-0.05, 0) is 35.9 Å². The van der Waals surface area contributed by atoms with E-state index in [9.17, 15) is 14.6 Å². The number of aliphatic hydroxyl groups excluding tert-OH is 2. The van der Waals surface area contributed by atoms with E-state index in [0.717, 1.165) is 0 Å². The Hall–Kier alpha value is -1.62. The number of hydrogen-bond donors (Lipinski definition) is 2. The molecule has 0 saturated heterocycles. The molecule has 3 unspecified atom stereocenters. The molecule has 3 atom stereocenters. The van der Waals surface area contributed by atoms with Crippen LogP contribution in [0, 0.1) is 11.7 Å². The Labute approximate surface area is 126 Å². The summed E-state index contributed by atoms with van der Waals surface area (Å²) in [6.45, 7) is 0.146. The topological polar surface area (TPSA) is 49.7 Å². The minimum atomic E-state index is -1.00. The highest BCUT2D eigenvalue weighted by atomic mass is 35.5. The molecule has 0 radical (unpaired) electrons. The van der Waals surface area contributed by atoms with Gasteiger partial charge in [0.2, 0.25) is 0 Å². The zero-order chi connectivity index (χ0) is 15.0. The van der Waals surface area contributed by atoms with Crippen molar-refractivity contribution in [2.24, 2.45) is 5.92 Å². The molecule has 110 valence electrons. The summed E-state index contributed by atoms with van der Waals surface area (Å²) in [6, 6.07) is 10.8. The number of aliphatic hydroxyl groups is 2. The minimum absolute atomic E-state index is 0.146. The van der Waals surface area contributed by atoms with E-state index in [1.165, 1.54) is 18.2 Å². The highest BCUT2D eigenvalue weighted by Crippen LogP contribution is 2.41. The van der Waals surface area contributed by atoms with Crippen LogP contribution in [0.1, 0.15) is 23.3 Å². The summed E-state index contributed by atoms with van der Waals surface area (Å²) in [5, 5.41) is 21.4. The van der Waals surface area contributed by atoms with Gasteiger partial charge in [-0.3, -0.25) is 0 Å². The normalized spacial score (nSPS) is 22.3. The second-order valence-electron chi connectivity index (χ2n) is 5.10. The third-order valence-corrected chi connectivity index (χ3v) is 3.96. The predicted molar refractivity (Wildman–Crippen MR) is 76.8 cm³/mol. The zero-order valence-electron chi connectivity index (χ0n) is 11.0. The summed E-state index contributed by atoms with van der Waals surface area (Å²) in [5.74, 6) is -0.592. The maximum atomic E-state index is 13.3. The van der Waals surface area contributed by atoms with Gasteiger partial charge in [0.15, 0.2) is 0 Å². The minimum Gasteiger partial charge on any atom is -0.493 e. The first-order chi connectivity index (χ1) is 10.1. The molecule has 0 bridgehead atoms. The second-order valence-corrected chi connectivity index (χ2v) is 5.54. The van der Waals surface area contributed by atoms with Crippen LogP contribution < -0.4 is 4.74 Å². The molecule has 0 fully saturated rings. The summed E-state index contributed by atoms with van der Waals surface area (Å²) < 4.78 is 18.8. The van der Waals surface area contributed by atoms with Crippen molar-refractivity contribution in [3.63, 3.8) is 0 Å². The Morgan fingerprint density at radius 3 is 2.81 bits per heavy atom. The van der Waals surface area contributed by atoms with Gasteiger partial charge in [-0.2, -0.15) is 0 Å². The SMILES string of the molecule is OC(c1cccc(Cl)c1)C1COc2ccc(F)cc2C1O. The van der Waals surface area contributed by atoms with Crippen LogP contribution in [0.2, 0.25) is 5.02 Å². The van der Waals surface area contributed by atoms with Crippen molar-refractivity contribution in [1.29, 1.82) is 0 Å². The summed E-state index contributed by atoms with van der Waals surface area (Å²) >= 11 is 5.91. The first-order valence-corrected chi connectivity index (χ1v) is 6.98. The monoisotopic (exact) mass is 308 g/mol. The quantitative estimate of drug-likeness (QED) is 0.895. The molecular formula is C16H14ClFO3. The van der Waals surface area contributed by atoms with Gasteiger partial charge in [0, 0.05) is 10.6 Å². The number of benzene rings is 2. The van der Waals surface area contributed by atoms with E-state index in [1.54, 1.807) is 24.3 Å². The van der Waals surface area contributed by atoms with Crippen LogP contribution in [-0.4, -0.2) is 16.8 Å². The third-order valence-electron chi connectivity index (χ3n) is 3.72. The number of rotatable bonds is 2. The molecule has 1 aliphatic rings. The lowest BCUT2D eigenvalue weighted by Gasteiger charge is -2.33. The molecule has 0 aromatic heterocycles. The van der Waals surface area contributed by atoms with Crippen molar-refractivity contribution in [2.75, 3.05) is 6.61 Å². The fraction of sp³-hybridized carbons (Fsp3) is 0.250. The highest BCUT2D eigenvalue weighted by molar-refractivity contribution is 6.30. The molecule has 3 rings (SSSR count). The van der Waals surface area contributed by atoms with Crippen LogP contribution in [0.4, 0.5) is 4.39 Å². The van der Waals surface area contributed by atoms with Gasteiger partial charge < -0.3 is 14.9 Å². The van der Waals surface area contributed by atoms with E-state index >= 15 is 0 Å². The number of fused-ring (bicyclic) bond motifs is 1. The summed E-state index contributed by atoms with van der Waals surface area (Å²) in [4.78, 5) is 0. The first-order valence-electron chi connectivity index (χ1n) is 6.60. The molecule has 2 aromatic rings. The average molecular weight is 309 g/mol. The van der Waals surface area contributed by atoms with Gasteiger partial charge in [0.05, 0.1) is 24.7 Å². The van der Waals surface area contributed by atoms with Gasteiger partial charge >= 0.3 is 0 Å². The van der Waals surface area contributed by atoms with E-state index < -0.39 is 23.9 Å². The Balaban J connectivity index is 1.90. The standard InChI is InChI=1S/C16H14ClFO3/c17-10-3-1-2-9(6-10)15(19)13-8-21-14-5-4-11(18)7-12(14)16(13)20/h1-7,13,15-16,19-20H,8H2. The molecule has 3 nitrogen and oxygen atoms in total. The van der Waals surface area contributed by atoms with Crippen LogP contribution in [0.15, 0.2) is 42.5 Å². The Kier molecular flexibility index (Phi) is 3.85. The van der Waals surface area contributed by atoms with Gasteiger partial charge in [-0.1, -0.05) is 23.7 Å². The molecule has 0 spiro atoms. The van der Waals surface area contributed by atoms with Crippen molar-refractivity contribution in [3.05, 3.63) is 64.4 Å². The Bertz CT molecular complexity index is 662. The molecular weight excluding hydrogens is 295 g/mol. The Morgan fingerprint density at radius 1 is 1.24 bits per heavy atom. The lowest BCUT2D eigenvalue weighted by Crippen LogP contribution is -2.31. The zero-order valence-corrected chi connectivity index (χ0v) is 11.8. The van der Waals surface area contributed by atoms with Gasteiger partial charge in [-0.25, -0.2) is 4.39 Å². The van der Waals surface area contributed by atoms with Crippen LogP contribution in [0.3, 0.4) is 0 Å².